The van der Waals surface area contributed by atoms with Crippen LogP contribution < -0.4 is 14.8 Å². The van der Waals surface area contributed by atoms with Gasteiger partial charge in [0.25, 0.3) is 0 Å². The number of rotatable bonds is 14. The fourth-order valence-electron chi connectivity index (χ4n) is 4.50. The molecule has 3 rings (SSSR count). The predicted octanol–water partition coefficient (Wildman–Crippen LogP) is 6.15. The molecule has 2 atom stereocenters. The van der Waals surface area contributed by atoms with Gasteiger partial charge in [-0.2, -0.15) is 4.72 Å². The molecular formula is C35H46N2O6S. The van der Waals surface area contributed by atoms with E-state index < -0.39 is 39.6 Å². The first kappa shape index (κ1) is 34.8. The molecule has 0 bridgehead atoms. The Morgan fingerprint density at radius 3 is 1.95 bits per heavy atom. The van der Waals surface area contributed by atoms with E-state index >= 15 is 0 Å². The van der Waals surface area contributed by atoms with Crippen molar-refractivity contribution in [3.8, 4) is 5.75 Å². The number of carbonyl (C=O) groups excluding carboxylic acids is 2. The Hall–Kier alpha value is -3.69. The molecule has 0 unspecified atom stereocenters. The van der Waals surface area contributed by atoms with E-state index in [0.29, 0.717) is 12.4 Å². The summed E-state index contributed by atoms with van der Waals surface area (Å²) in [5.41, 5.74) is 2.05. The number of ether oxygens (including phenoxy) is 2. The molecule has 0 radical (unpaired) electrons. The maximum Gasteiger partial charge on any atom is 0.329 e. The molecule has 3 aromatic carbocycles. The third-order valence-corrected chi connectivity index (χ3v) is 8.28. The van der Waals surface area contributed by atoms with E-state index in [-0.39, 0.29) is 29.6 Å². The van der Waals surface area contributed by atoms with Crippen molar-refractivity contribution < 1.29 is 27.5 Å². The van der Waals surface area contributed by atoms with Crippen LogP contribution in [0.25, 0.3) is 0 Å². The van der Waals surface area contributed by atoms with Crippen LogP contribution in [0.3, 0.4) is 0 Å². The summed E-state index contributed by atoms with van der Waals surface area (Å²) >= 11 is 0. The highest BCUT2D eigenvalue weighted by molar-refractivity contribution is 7.89. The Bertz CT molecular complexity index is 1460. The first-order chi connectivity index (χ1) is 20.6. The smallest absolute Gasteiger partial charge is 0.329 e. The highest BCUT2D eigenvalue weighted by atomic mass is 32.2. The monoisotopic (exact) mass is 622 g/mol. The largest absolute Gasteiger partial charge is 0.489 e. The molecule has 0 aliphatic rings. The predicted molar refractivity (Wildman–Crippen MR) is 173 cm³/mol. The lowest BCUT2D eigenvalue weighted by Gasteiger charge is -2.27. The van der Waals surface area contributed by atoms with Crippen LogP contribution >= 0.6 is 0 Å². The van der Waals surface area contributed by atoms with Crippen molar-refractivity contribution >= 4 is 21.9 Å². The van der Waals surface area contributed by atoms with Crippen molar-refractivity contribution in [3.05, 3.63) is 95.6 Å². The van der Waals surface area contributed by atoms with Crippen LogP contribution in [-0.4, -0.2) is 38.0 Å². The Morgan fingerprint density at radius 2 is 1.41 bits per heavy atom. The molecule has 9 heteroatoms. The van der Waals surface area contributed by atoms with Crippen LogP contribution in [0.5, 0.6) is 5.75 Å². The van der Waals surface area contributed by atoms with Gasteiger partial charge >= 0.3 is 5.97 Å². The number of hydrogen-bond donors (Lipinski definition) is 2. The van der Waals surface area contributed by atoms with E-state index in [2.05, 4.69) is 10.0 Å². The molecular weight excluding hydrogens is 576 g/mol. The number of sulfonamides is 1. The highest BCUT2D eigenvalue weighted by Gasteiger charge is 2.32. The number of esters is 1. The van der Waals surface area contributed by atoms with Gasteiger partial charge in [0.1, 0.15) is 30.0 Å². The van der Waals surface area contributed by atoms with Gasteiger partial charge in [-0.3, -0.25) is 4.79 Å². The molecule has 8 nitrogen and oxygen atoms in total. The lowest BCUT2D eigenvalue weighted by Crippen LogP contribution is -2.53. The zero-order chi connectivity index (χ0) is 32.5. The fourth-order valence-corrected chi connectivity index (χ4v) is 5.71. The first-order valence-corrected chi connectivity index (χ1v) is 16.5. The number of benzene rings is 3. The van der Waals surface area contributed by atoms with Gasteiger partial charge in [-0.05, 0) is 80.0 Å². The normalized spacial score (nSPS) is 13.4. The van der Waals surface area contributed by atoms with Crippen molar-refractivity contribution in [1.82, 2.24) is 10.0 Å². The van der Waals surface area contributed by atoms with Crippen molar-refractivity contribution in [2.45, 2.75) is 96.4 Å². The van der Waals surface area contributed by atoms with Gasteiger partial charge in [-0.1, -0.05) is 82.3 Å². The molecule has 1 amide bonds. The van der Waals surface area contributed by atoms with Gasteiger partial charge in [-0.15, -0.1) is 0 Å². The number of carbonyl (C=O) groups is 2. The molecule has 0 aliphatic carbocycles. The molecule has 44 heavy (non-hydrogen) atoms. The average Bonchev–Trinajstić information content (AvgIpc) is 2.95. The minimum atomic E-state index is -4.01. The van der Waals surface area contributed by atoms with Crippen molar-refractivity contribution in [2.24, 2.45) is 5.92 Å². The van der Waals surface area contributed by atoms with Gasteiger partial charge in [-0.25, -0.2) is 13.2 Å². The molecule has 0 aromatic heterocycles. The Balaban J connectivity index is 1.77. The molecule has 0 aliphatic heterocycles. The quantitative estimate of drug-likeness (QED) is 0.209. The van der Waals surface area contributed by atoms with Crippen LogP contribution in [0.2, 0.25) is 0 Å². The molecule has 0 fully saturated rings. The van der Waals surface area contributed by atoms with Crippen molar-refractivity contribution in [1.29, 1.82) is 0 Å². The van der Waals surface area contributed by atoms with Gasteiger partial charge in [0.05, 0.1) is 4.90 Å². The molecule has 0 saturated heterocycles. The SMILES string of the molecule is CC(C)C[C@H](NS(=O)(=O)c1ccc(C(C)C)cc1)C(=O)N[C@@H](Cc1ccc(OCc2ccccc2)cc1)C(=O)OC(C)(C)C. The highest BCUT2D eigenvalue weighted by Crippen LogP contribution is 2.20. The van der Waals surface area contributed by atoms with E-state index in [1.54, 1.807) is 45.0 Å². The molecule has 0 spiro atoms. The summed E-state index contributed by atoms with van der Waals surface area (Å²) in [6.45, 7) is 13.5. The zero-order valence-corrected chi connectivity index (χ0v) is 27.6. The summed E-state index contributed by atoms with van der Waals surface area (Å²) in [5.74, 6) is -0.282. The maximum absolute atomic E-state index is 13.6. The van der Waals surface area contributed by atoms with E-state index in [0.717, 1.165) is 16.7 Å². The summed E-state index contributed by atoms with van der Waals surface area (Å²) in [6, 6.07) is 21.6. The summed E-state index contributed by atoms with van der Waals surface area (Å²) in [6.07, 6.45) is 0.390. The fraction of sp³-hybridized carbons (Fsp3) is 0.429. The minimum absolute atomic E-state index is 0.000161. The van der Waals surface area contributed by atoms with Gasteiger partial charge in [0.15, 0.2) is 0 Å². The number of amides is 1. The standard InChI is InChI=1S/C35H46N2O6S/c1-24(2)21-31(37-44(40,41)30-19-15-28(16-20-30)25(3)4)33(38)36-32(34(39)43-35(5,6)7)22-26-13-17-29(18-14-26)42-23-27-11-9-8-10-12-27/h8-20,24-25,31-32,37H,21-23H2,1-7H3,(H,36,38)/t31-,32-/m0/s1. The number of nitrogens with one attached hydrogen (secondary N) is 2. The second kappa shape index (κ2) is 15.3. The lowest BCUT2D eigenvalue weighted by atomic mass is 10.0. The van der Waals surface area contributed by atoms with E-state index in [1.807, 2.05) is 82.3 Å². The third-order valence-electron chi connectivity index (χ3n) is 6.80. The molecule has 0 heterocycles. The Labute approximate surface area is 262 Å². The van der Waals surface area contributed by atoms with Crippen LogP contribution in [0.4, 0.5) is 0 Å². The summed E-state index contributed by atoms with van der Waals surface area (Å²) in [7, 11) is -4.01. The summed E-state index contributed by atoms with van der Waals surface area (Å²) in [4.78, 5) is 26.9. The van der Waals surface area contributed by atoms with Crippen molar-refractivity contribution in [2.75, 3.05) is 0 Å². The molecule has 3 aromatic rings. The van der Waals surface area contributed by atoms with Crippen LogP contribution in [0, 0.1) is 5.92 Å². The lowest BCUT2D eigenvalue weighted by molar-refractivity contribution is -0.158. The second-order valence-electron chi connectivity index (χ2n) is 12.7. The van der Waals surface area contributed by atoms with Crippen molar-refractivity contribution in [3.63, 3.8) is 0 Å². The Morgan fingerprint density at radius 1 is 0.795 bits per heavy atom. The van der Waals surface area contributed by atoms with Gasteiger partial charge in [0, 0.05) is 6.42 Å². The van der Waals surface area contributed by atoms with Crippen LogP contribution in [-0.2, 0) is 37.4 Å². The third kappa shape index (κ3) is 11.1. The van der Waals surface area contributed by atoms with E-state index in [4.69, 9.17) is 9.47 Å². The van der Waals surface area contributed by atoms with Gasteiger partial charge < -0.3 is 14.8 Å². The molecule has 0 saturated carbocycles. The topological polar surface area (TPSA) is 111 Å². The van der Waals surface area contributed by atoms with Gasteiger partial charge in [0.2, 0.25) is 15.9 Å². The summed E-state index contributed by atoms with van der Waals surface area (Å²) in [5, 5.41) is 2.78. The van der Waals surface area contributed by atoms with E-state index in [1.165, 1.54) is 0 Å². The minimum Gasteiger partial charge on any atom is -0.489 e. The zero-order valence-electron chi connectivity index (χ0n) is 26.8. The first-order valence-electron chi connectivity index (χ1n) is 15.0. The number of hydrogen-bond acceptors (Lipinski definition) is 6. The van der Waals surface area contributed by atoms with Crippen LogP contribution in [0.1, 0.15) is 77.5 Å². The Kier molecular flexibility index (Phi) is 12.1. The average molecular weight is 623 g/mol. The maximum atomic E-state index is 13.6. The van der Waals surface area contributed by atoms with E-state index in [9.17, 15) is 18.0 Å². The second-order valence-corrected chi connectivity index (χ2v) is 14.5. The summed E-state index contributed by atoms with van der Waals surface area (Å²) < 4.78 is 40.7. The molecule has 238 valence electrons. The van der Waals surface area contributed by atoms with Crippen LogP contribution in [0.15, 0.2) is 83.8 Å². The molecule has 2 N–H and O–H groups in total.